The largest absolute Gasteiger partial charge is 0.465 e. The first-order chi connectivity index (χ1) is 13.8. The van der Waals surface area contributed by atoms with Crippen LogP contribution in [0.3, 0.4) is 0 Å². The summed E-state index contributed by atoms with van der Waals surface area (Å²) in [7, 11) is -0.495. The molecule has 1 heterocycles. The highest BCUT2D eigenvalue weighted by atomic mass is 79.9. The van der Waals surface area contributed by atoms with Gasteiger partial charge in [-0.15, -0.1) is 0 Å². The van der Waals surface area contributed by atoms with E-state index in [1.54, 1.807) is 20.8 Å². The summed E-state index contributed by atoms with van der Waals surface area (Å²) in [4.78, 5) is 15.8. The van der Waals surface area contributed by atoms with Crippen LogP contribution >= 0.6 is 27.7 Å². The van der Waals surface area contributed by atoms with Gasteiger partial charge in [-0.1, -0.05) is 27.7 Å². The quantitative estimate of drug-likeness (QED) is 0.373. The lowest BCUT2D eigenvalue weighted by molar-refractivity contribution is -0.139. The lowest BCUT2D eigenvalue weighted by atomic mass is 10.1. The number of esters is 1. The highest BCUT2D eigenvalue weighted by Gasteiger charge is 2.36. The Balaban J connectivity index is 2.67. The van der Waals surface area contributed by atoms with E-state index in [-0.39, 0.29) is 25.5 Å². The van der Waals surface area contributed by atoms with E-state index in [1.165, 1.54) is 31.5 Å². The summed E-state index contributed by atoms with van der Waals surface area (Å²) >= 11 is 3.75. The van der Waals surface area contributed by atoms with Crippen LogP contribution in [-0.4, -0.2) is 33.2 Å². The maximum Gasteiger partial charge on any atom is 0.417 e. The van der Waals surface area contributed by atoms with Crippen molar-refractivity contribution in [3.05, 3.63) is 51.6 Å². The van der Waals surface area contributed by atoms with Crippen LogP contribution in [0.2, 0.25) is 0 Å². The van der Waals surface area contributed by atoms with E-state index < -0.39 is 33.4 Å². The predicted octanol–water partition coefficient (Wildman–Crippen LogP) is 5.68. The molecule has 5 nitrogen and oxygen atoms in total. The Morgan fingerprint density at radius 3 is 2.53 bits per heavy atom. The number of ether oxygens (including phenoxy) is 1. The van der Waals surface area contributed by atoms with Gasteiger partial charge in [0.1, 0.15) is 16.0 Å². The molecule has 0 amide bonds. The van der Waals surface area contributed by atoms with Crippen molar-refractivity contribution in [1.29, 1.82) is 0 Å². The van der Waals surface area contributed by atoms with Crippen LogP contribution in [0.1, 0.15) is 42.3 Å². The Bertz CT molecular complexity index is 1010. The molecule has 1 unspecified atom stereocenters. The topological polar surface area (TPSA) is 68.6 Å². The normalized spacial score (nSPS) is 13.5. The van der Waals surface area contributed by atoms with Gasteiger partial charge in [0.25, 0.3) is 0 Å². The molecular weight excluding hydrogens is 505 g/mol. The number of aromatic nitrogens is 1. The number of alkyl halides is 3. The number of halogens is 4. The maximum absolute atomic E-state index is 13.8. The molecule has 0 bridgehead atoms. The highest BCUT2D eigenvalue weighted by molar-refractivity contribution is 9.10. The summed E-state index contributed by atoms with van der Waals surface area (Å²) in [5, 5.41) is 0.0452. The van der Waals surface area contributed by atoms with Gasteiger partial charge < -0.3 is 4.74 Å². The van der Waals surface area contributed by atoms with Crippen molar-refractivity contribution in [3.8, 4) is 0 Å². The van der Waals surface area contributed by atoms with E-state index >= 15 is 0 Å². The van der Waals surface area contributed by atoms with Crippen LogP contribution in [0.25, 0.3) is 0 Å². The molecule has 0 radical (unpaired) electrons. The standard InChI is InChI=1S/C19H18BrF3N2O3S2/c1-18(2,3)30(27)25-10-11-8-12(20)9-14(19(21,22)23)15(11)29-16-13(17(26)28-4)6-5-7-24-16/h5-10H,1-4H3. The number of hydrogen-bond acceptors (Lipinski definition) is 5. The van der Waals surface area contributed by atoms with Crippen LogP contribution in [-0.2, 0) is 21.9 Å². The first kappa shape index (κ1) is 24.5. The minimum atomic E-state index is -4.68. The number of hydrogen-bond donors (Lipinski definition) is 0. The van der Waals surface area contributed by atoms with E-state index in [1.807, 2.05) is 0 Å². The summed E-state index contributed by atoms with van der Waals surface area (Å²) in [6.45, 7) is 5.11. The summed E-state index contributed by atoms with van der Waals surface area (Å²) in [5.74, 6) is -0.722. The van der Waals surface area contributed by atoms with E-state index in [0.717, 1.165) is 12.3 Å². The predicted molar refractivity (Wildman–Crippen MR) is 114 cm³/mol. The molecule has 1 atom stereocenters. The fourth-order valence-corrected chi connectivity index (χ4v) is 4.22. The average molecular weight is 523 g/mol. The lowest BCUT2D eigenvalue weighted by Gasteiger charge is -2.17. The van der Waals surface area contributed by atoms with Gasteiger partial charge >= 0.3 is 12.1 Å². The Hall–Kier alpha value is -1.72. The van der Waals surface area contributed by atoms with Crippen molar-refractivity contribution >= 4 is 50.9 Å². The van der Waals surface area contributed by atoms with Gasteiger partial charge in [0, 0.05) is 27.3 Å². The van der Waals surface area contributed by atoms with Crippen molar-refractivity contribution in [1.82, 2.24) is 4.98 Å². The highest BCUT2D eigenvalue weighted by Crippen LogP contribution is 2.43. The van der Waals surface area contributed by atoms with Crippen molar-refractivity contribution < 1.29 is 26.9 Å². The minimum Gasteiger partial charge on any atom is -0.465 e. The zero-order valence-corrected chi connectivity index (χ0v) is 19.6. The third kappa shape index (κ3) is 6.14. The minimum absolute atomic E-state index is 0.0298. The third-order valence-corrected chi connectivity index (χ3v) is 6.56. The van der Waals surface area contributed by atoms with Crippen LogP contribution in [0.5, 0.6) is 0 Å². The number of benzene rings is 1. The van der Waals surface area contributed by atoms with Crippen LogP contribution in [0.4, 0.5) is 13.2 Å². The molecule has 0 N–H and O–H groups in total. The summed E-state index contributed by atoms with van der Waals surface area (Å²) in [6.07, 6.45) is -2.17. The number of methoxy groups -OCH3 is 1. The Labute approximate surface area is 187 Å². The molecule has 0 aliphatic rings. The number of carbonyl (C=O) groups is 1. The Morgan fingerprint density at radius 2 is 1.97 bits per heavy atom. The number of nitrogens with zero attached hydrogens (tertiary/aromatic N) is 2. The van der Waals surface area contributed by atoms with Crippen LogP contribution in [0.15, 0.2) is 49.3 Å². The van der Waals surface area contributed by atoms with Gasteiger partial charge in [0.2, 0.25) is 0 Å². The zero-order chi connectivity index (χ0) is 22.7. The first-order valence-corrected chi connectivity index (χ1v) is 11.1. The summed E-state index contributed by atoms with van der Waals surface area (Å²) < 4.78 is 61.7. The molecule has 11 heteroatoms. The molecule has 0 aliphatic carbocycles. The molecule has 1 aromatic heterocycles. The average Bonchev–Trinajstić information content (AvgIpc) is 2.65. The van der Waals surface area contributed by atoms with E-state index in [0.29, 0.717) is 11.8 Å². The van der Waals surface area contributed by atoms with E-state index in [4.69, 9.17) is 0 Å². The monoisotopic (exact) mass is 522 g/mol. The first-order valence-electron chi connectivity index (χ1n) is 8.42. The summed E-state index contributed by atoms with van der Waals surface area (Å²) in [5.41, 5.74) is -0.825. The maximum atomic E-state index is 13.8. The smallest absolute Gasteiger partial charge is 0.417 e. The van der Waals surface area contributed by atoms with Crippen molar-refractivity contribution in [2.75, 3.05) is 7.11 Å². The molecular formula is C19H18BrF3N2O3S2. The Kier molecular flexibility index (Phi) is 7.86. The molecule has 0 saturated heterocycles. The third-order valence-electron chi connectivity index (χ3n) is 3.57. The zero-order valence-electron chi connectivity index (χ0n) is 16.4. The van der Waals surface area contributed by atoms with Gasteiger partial charge in [0.15, 0.2) is 0 Å². The second-order valence-corrected chi connectivity index (χ2v) is 10.8. The van der Waals surface area contributed by atoms with Crippen molar-refractivity contribution in [2.45, 2.75) is 41.6 Å². The molecule has 0 fully saturated rings. The van der Waals surface area contributed by atoms with E-state index in [9.17, 15) is 22.2 Å². The SMILES string of the molecule is COC(=O)c1cccnc1Sc1c(C=NS(=O)C(C)(C)C)cc(Br)cc1C(F)(F)F. The van der Waals surface area contributed by atoms with E-state index in [2.05, 4.69) is 30.0 Å². The van der Waals surface area contributed by atoms with Gasteiger partial charge in [-0.3, -0.25) is 0 Å². The fourth-order valence-electron chi connectivity index (χ4n) is 2.13. The van der Waals surface area contributed by atoms with Gasteiger partial charge in [-0.2, -0.15) is 17.6 Å². The van der Waals surface area contributed by atoms with Gasteiger partial charge in [0.05, 0.1) is 23.0 Å². The number of rotatable bonds is 5. The molecule has 162 valence electrons. The second kappa shape index (κ2) is 9.61. The van der Waals surface area contributed by atoms with Crippen molar-refractivity contribution in [3.63, 3.8) is 0 Å². The number of pyridine rings is 1. The molecule has 2 rings (SSSR count). The number of carbonyl (C=O) groups excluding carboxylic acids is 1. The Morgan fingerprint density at radius 1 is 1.30 bits per heavy atom. The van der Waals surface area contributed by atoms with Gasteiger partial charge in [-0.25, -0.2) is 14.0 Å². The van der Waals surface area contributed by atoms with Crippen molar-refractivity contribution in [2.24, 2.45) is 4.40 Å². The molecule has 0 saturated carbocycles. The van der Waals surface area contributed by atoms with Crippen LogP contribution < -0.4 is 0 Å². The van der Waals surface area contributed by atoms with Gasteiger partial charge in [-0.05, 0) is 45.0 Å². The second-order valence-electron chi connectivity index (χ2n) is 6.92. The molecule has 30 heavy (non-hydrogen) atoms. The lowest BCUT2D eigenvalue weighted by Crippen LogP contribution is -2.19. The molecule has 1 aromatic carbocycles. The fraction of sp³-hybridized carbons (Fsp3) is 0.316. The summed E-state index contributed by atoms with van der Waals surface area (Å²) in [6, 6.07) is 5.26. The van der Waals surface area contributed by atoms with Crippen LogP contribution in [0, 0.1) is 0 Å². The molecule has 2 aromatic rings. The molecule has 0 spiro atoms. The molecule has 0 aliphatic heterocycles.